The van der Waals surface area contributed by atoms with Crippen LogP contribution in [-0.4, -0.2) is 37.2 Å². The molecule has 0 bridgehead atoms. The summed E-state index contributed by atoms with van der Waals surface area (Å²) < 4.78 is 16.7. The van der Waals surface area contributed by atoms with Crippen molar-refractivity contribution in [2.45, 2.75) is 322 Å². The zero-order valence-corrected chi connectivity index (χ0v) is 42.6. The predicted octanol–water partition coefficient (Wildman–Crippen LogP) is 18.5. The van der Waals surface area contributed by atoms with Crippen LogP contribution < -0.4 is 0 Å². The molecule has 1 unspecified atom stereocenters. The number of ether oxygens (including phenoxy) is 3. The lowest BCUT2D eigenvalue weighted by molar-refractivity contribution is -0.167. The second kappa shape index (κ2) is 52.8. The summed E-state index contributed by atoms with van der Waals surface area (Å²) in [5, 5.41) is 0. The van der Waals surface area contributed by atoms with Crippen LogP contribution in [0.15, 0.2) is 12.2 Å². The fourth-order valence-electron chi connectivity index (χ4n) is 8.50. The van der Waals surface area contributed by atoms with Crippen molar-refractivity contribution in [1.82, 2.24) is 0 Å². The van der Waals surface area contributed by atoms with Crippen molar-refractivity contribution in [3.8, 4) is 0 Å². The van der Waals surface area contributed by atoms with E-state index in [1.165, 1.54) is 218 Å². The fourth-order valence-corrected chi connectivity index (χ4v) is 8.50. The predicted molar refractivity (Wildman–Crippen MR) is 270 cm³/mol. The van der Waals surface area contributed by atoms with Crippen molar-refractivity contribution in [3.05, 3.63) is 12.2 Å². The molecule has 0 aliphatic carbocycles. The highest BCUT2D eigenvalue weighted by molar-refractivity contribution is 5.71. The zero-order valence-electron chi connectivity index (χ0n) is 42.6. The third kappa shape index (κ3) is 51.0. The zero-order chi connectivity index (χ0) is 45.8. The molecule has 0 fully saturated rings. The number of hydrogen-bond acceptors (Lipinski definition) is 6. The van der Waals surface area contributed by atoms with E-state index in [0.717, 1.165) is 57.8 Å². The third-order valence-electron chi connectivity index (χ3n) is 12.8. The van der Waals surface area contributed by atoms with E-state index in [2.05, 4.69) is 32.9 Å². The maximum absolute atomic E-state index is 12.7. The van der Waals surface area contributed by atoms with Crippen LogP contribution in [0.1, 0.15) is 316 Å². The molecule has 0 aromatic carbocycles. The van der Waals surface area contributed by atoms with E-state index in [1.807, 2.05) is 0 Å². The summed E-state index contributed by atoms with van der Waals surface area (Å²) in [7, 11) is 0. The van der Waals surface area contributed by atoms with Crippen molar-refractivity contribution < 1.29 is 28.6 Å². The number of unbranched alkanes of at least 4 members (excludes halogenated alkanes) is 39. The lowest BCUT2D eigenvalue weighted by Gasteiger charge is -2.18. The minimum absolute atomic E-state index is 0.0648. The first kappa shape index (κ1) is 61.1. The molecule has 0 heterocycles. The summed E-state index contributed by atoms with van der Waals surface area (Å²) in [6.07, 6.45) is 59.7. The number of allylic oxidation sites excluding steroid dienone is 2. The molecule has 0 saturated heterocycles. The summed E-state index contributed by atoms with van der Waals surface area (Å²) in [5.74, 6) is -0.860. The maximum atomic E-state index is 12.7. The van der Waals surface area contributed by atoms with Gasteiger partial charge in [-0.1, -0.05) is 264 Å². The van der Waals surface area contributed by atoms with Gasteiger partial charge in [0.15, 0.2) is 6.10 Å². The van der Waals surface area contributed by atoms with E-state index in [1.54, 1.807) is 0 Å². The van der Waals surface area contributed by atoms with Gasteiger partial charge in [-0.3, -0.25) is 14.4 Å². The van der Waals surface area contributed by atoms with Gasteiger partial charge in [0.1, 0.15) is 13.2 Å². The normalized spacial score (nSPS) is 12.0. The smallest absolute Gasteiger partial charge is 0.306 e. The molecule has 63 heavy (non-hydrogen) atoms. The van der Waals surface area contributed by atoms with Gasteiger partial charge in [0, 0.05) is 19.3 Å². The average Bonchev–Trinajstić information content (AvgIpc) is 3.28. The summed E-state index contributed by atoms with van der Waals surface area (Å²) in [4.78, 5) is 37.7. The number of rotatable bonds is 52. The van der Waals surface area contributed by atoms with Crippen LogP contribution in [0.2, 0.25) is 0 Å². The Labute approximate surface area is 392 Å². The van der Waals surface area contributed by atoms with Crippen LogP contribution in [0, 0.1) is 0 Å². The lowest BCUT2D eigenvalue weighted by Crippen LogP contribution is -2.30. The average molecular weight is 889 g/mol. The minimum Gasteiger partial charge on any atom is -0.462 e. The first-order valence-electron chi connectivity index (χ1n) is 28.2. The van der Waals surface area contributed by atoms with E-state index < -0.39 is 6.10 Å². The Bertz CT molecular complexity index is 978. The quantitative estimate of drug-likeness (QED) is 0.0262. The van der Waals surface area contributed by atoms with Crippen LogP contribution in [-0.2, 0) is 28.6 Å². The van der Waals surface area contributed by atoms with Crippen molar-refractivity contribution in [2.24, 2.45) is 0 Å². The first-order chi connectivity index (χ1) is 31.0. The van der Waals surface area contributed by atoms with Gasteiger partial charge in [-0.25, -0.2) is 0 Å². The molecule has 0 saturated carbocycles. The summed E-state index contributed by atoms with van der Waals surface area (Å²) in [5.41, 5.74) is 0. The third-order valence-corrected chi connectivity index (χ3v) is 12.8. The maximum Gasteiger partial charge on any atom is 0.306 e. The van der Waals surface area contributed by atoms with E-state index in [0.29, 0.717) is 19.3 Å². The Morgan fingerprint density at radius 2 is 0.524 bits per heavy atom. The van der Waals surface area contributed by atoms with Gasteiger partial charge < -0.3 is 14.2 Å². The van der Waals surface area contributed by atoms with Gasteiger partial charge >= 0.3 is 17.9 Å². The highest BCUT2D eigenvalue weighted by Gasteiger charge is 2.19. The molecule has 0 aromatic heterocycles. The Morgan fingerprint density at radius 3 is 0.794 bits per heavy atom. The van der Waals surface area contributed by atoms with Gasteiger partial charge in [-0.05, 0) is 44.9 Å². The van der Waals surface area contributed by atoms with Crippen LogP contribution in [0.25, 0.3) is 0 Å². The van der Waals surface area contributed by atoms with E-state index >= 15 is 0 Å². The van der Waals surface area contributed by atoms with Crippen molar-refractivity contribution in [1.29, 1.82) is 0 Å². The summed E-state index contributed by atoms with van der Waals surface area (Å²) >= 11 is 0. The van der Waals surface area contributed by atoms with Crippen molar-refractivity contribution >= 4 is 17.9 Å². The second-order valence-corrected chi connectivity index (χ2v) is 19.2. The highest BCUT2D eigenvalue weighted by atomic mass is 16.6. The van der Waals surface area contributed by atoms with Crippen molar-refractivity contribution in [3.63, 3.8) is 0 Å². The molecule has 6 nitrogen and oxygen atoms in total. The van der Waals surface area contributed by atoms with E-state index in [4.69, 9.17) is 14.2 Å². The summed E-state index contributed by atoms with van der Waals surface area (Å²) in [6.45, 7) is 6.60. The fraction of sp³-hybridized carbons (Fsp3) is 0.912. The molecule has 0 aliphatic rings. The standard InChI is InChI=1S/C57H108O6/c1-4-7-10-13-16-18-20-21-22-23-24-25-26-27-28-29-30-31-32-33-34-35-36-37-38-40-41-44-47-50-56(59)62-53-54(52-61-55(58)49-46-43-15-12-9-6-3)63-57(60)51-48-45-42-39-19-17-14-11-8-5-2/h23-24,54H,4-22,25-53H2,1-3H3/b24-23-. The second-order valence-electron chi connectivity index (χ2n) is 19.2. The van der Waals surface area contributed by atoms with Crippen LogP contribution in [0.5, 0.6) is 0 Å². The minimum atomic E-state index is -0.759. The largest absolute Gasteiger partial charge is 0.462 e. The molecule has 0 amide bonds. The Balaban J connectivity index is 3.90. The summed E-state index contributed by atoms with van der Waals surface area (Å²) in [6, 6.07) is 0. The number of carbonyl (C=O) groups is 3. The molecule has 0 aromatic rings. The van der Waals surface area contributed by atoms with E-state index in [9.17, 15) is 14.4 Å². The number of hydrogen-bond donors (Lipinski definition) is 0. The van der Waals surface area contributed by atoms with E-state index in [-0.39, 0.29) is 31.1 Å². The van der Waals surface area contributed by atoms with Gasteiger partial charge in [0.2, 0.25) is 0 Å². The van der Waals surface area contributed by atoms with Crippen LogP contribution in [0.3, 0.4) is 0 Å². The molecule has 1 atom stereocenters. The Kier molecular flexibility index (Phi) is 51.2. The van der Waals surface area contributed by atoms with Crippen molar-refractivity contribution in [2.75, 3.05) is 13.2 Å². The lowest BCUT2D eigenvalue weighted by atomic mass is 10.0. The van der Waals surface area contributed by atoms with Crippen LogP contribution >= 0.6 is 0 Å². The molecule has 0 radical (unpaired) electrons. The monoisotopic (exact) mass is 889 g/mol. The SMILES string of the molecule is CCCCCCCCCC/C=C\CCCCCCCCCCCCCCCCCCCC(=O)OCC(COC(=O)CCCCCCCC)OC(=O)CCCCCCCCCCCC. The first-order valence-corrected chi connectivity index (χ1v) is 28.2. The Morgan fingerprint density at radius 1 is 0.302 bits per heavy atom. The Hall–Kier alpha value is -1.85. The molecule has 0 rings (SSSR count). The van der Waals surface area contributed by atoms with Gasteiger partial charge in [-0.15, -0.1) is 0 Å². The molecule has 0 aliphatic heterocycles. The topological polar surface area (TPSA) is 78.9 Å². The molecular formula is C57H108O6. The molecular weight excluding hydrogens is 781 g/mol. The number of carbonyl (C=O) groups excluding carboxylic acids is 3. The molecule has 372 valence electrons. The van der Waals surface area contributed by atoms with Crippen LogP contribution in [0.4, 0.5) is 0 Å². The highest BCUT2D eigenvalue weighted by Crippen LogP contribution is 2.17. The number of esters is 3. The van der Waals surface area contributed by atoms with Gasteiger partial charge in [-0.2, -0.15) is 0 Å². The van der Waals surface area contributed by atoms with Gasteiger partial charge in [0.05, 0.1) is 0 Å². The molecule has 0 N–H and O–H groups in total. The molecule has 0 spiro atoms. The van der Waals surface area contributed by atoms with Gasteiger partial charge in [0.25, 0.3) is 0 Å². The molecule has 6 heteroatoms.